The van der Waals surface area contributed by atoms with Crippen molar-refractivity contribution in [2.75, 3.05) is 0 Å². The molecule has 10 heavy (non-hydrogen) atoms. The number of halogens is 2. The minimum absolute atomic E-state index is 1.09. The average Bonchev–Trinajstić information content (AvgIpc) is 1.98. The lowest BCUT2D eigenvalue weighted by Gasteiger charge is -1.96. The van der Waals surface area contributed by atoms with Gasteiger partial charge in [-0.25, -0.2) is 0 Å². The molecule has 0 fully saturated rings. The number of hydrogen-bond donors (Lipinski definition) is 0. The molecule has 0 nitrogen and oxygen atoms in total. The Labute approximate surface area is 76.8 Å². The van der Waals surface area contributed by atoms with E-state index in [1.165, 1.54) is 25.7 Å². The van der Waals surface area contributed by atoms with E-state index in [1.54, 1.807) is 5.54 Å². The smallest absolute Gasteiger partial charge is 0.0144 e. The zero-order chi connectivity index (χ0) is 7.82. The lowest BCUT2D eigenvalue weighted by atomic mass is 10.2. The standard InChI is InChI=1S/C8H14BrCl/c1-2-3-4-5-6-8(9)7-10/h7H,2-6H2,1H3. The van der Waals surface area contributed by atoms with E-state index in [0.717, 1.165) is 10.9 Å². The molecule has 0 bridgehead atoms. The molecule has 0 N–H and O–H groups in total. The van der Waals surface area contributed by atoms with Crippen molar-refractivity contribution < 1.29 is 0 Å². The van der Waals surface area contributed by atoms with Gasteiger partial charge in [0, 0.05) is 10.0 Å². The molecule has 0 aromatic carbocycles. The van der Waals surface area contributed by atoms with Crippen LogP contribution in [-0.4, -0.2) is 0 Å². The highest BCUT2D eigenvalue weighted by Crippen LogP contribution is 2.16. The maximum Gasteiger partial charge on any atom is 0.0144 e. The summed E-state index contributed by atoms with van der Waals surface area (Å²) < 4.78 is 1.12. The van der Waals surface area contributed by atoms with Crippen molar-refractivity contribution in [3.8, 4) is 0 Å². The molecule has 0 radical (unpaired) electrons. The van der Waals surface area contributed by atoms with Gasteiger partial charge < -0.3 is 0 Å². The van der Waals surface area contributed by atoms with Crippen molar-refractivity contribution in [2.24, 2.45) is 0 Å². The maximum absolute atomic E-state index is 5.46. The molecule has 0 unspecified atom stereocenters. The molecule has 0 saturated carbocycles. The molecule has 2 heteroatoms. The summed E-state index contributed by atoms with van der Waals surface area (Å²) >= 11 is 8.81. The molecule has 60 valence electrons. The predicted molar refractivity (Wildman–Crippen MR) is 51.6 cm³/mol. The van der Waals surface area contributed by atoms with E-state index in [2.05, 4.69) is 22.9 Å². The molecule has 0 spiro atoms. The van der Waals surface area contributed by atoms with E-state index >= 15 is 0 Å². The fourth-order valence-electron chi connectivity index (χ4n) is 0.775. The second-order valence-corrected chi connectivity index (χ2v) is 3.60. The van der Waals surface area contributed by atoms with Gasteiger partial charge >= 0.3 is 0 Å². The number of hydrogen-bond acceptors (Lipinski definition) is 0. The third-order valence-electron chi connectivity index (χ3n) is 1.39. The Morgan fingerprint density at radius 3 is 2.60 bits per heavy atom. The van der Waals surface area contributed by atoms with Gasteiger partial charge in [-0.15, -0.1) is 0 Å². The minimum atomic E-state index is 1.09. The highest BCUT2D eigenvalue weighted by molar-refractivity contribution is 9.11. The third kappa shape index (κ3) is 6.63. The Morgan fingerprint density at radius 2 is 2.10 bits per heavy atom. The fraction of sp³-hybridized carbons (Fsp3) is 0.750. The topological polar surface area (TPSA) is 0 Å². The van der Waals surface area contributed by atoms with Crippen molar-refractivity contribution in [1.29, 1.82) is 0 Å². The molecule has 0 heterocycles. The lowest BCUT2D eigenvalue weighted by Crippen LogP contribution is -1.75. The highest BCUT2D eigenvalue weighted by atomic mass is 79.9. The average molecular weight is 226 g/mol. The first kappa shape index (κ1) is 10.5. The molecular weight excluding hydrogens is 211 g/mol. The first-order valence-corrected chi connectivity index (χ1v) is 4.99. The SMILES string of the molecule is CCCCCCC(Br)=CCl. The van der Waals surface area contributed by atoms with E-state index in [4.69, 9.17) is 11.6 Å². The molecule has 0 atom stereocenters. The van der Waals surface area contributed by atoms with E-state index in [-0.39, 0.29) is 0 Å². The second-order valence-electron chi connectivity index (χ2n) is 2.37. The van der Waals surface area contributed by atoms with Crippen LogP contribution in [0, 0.1) is 0 Å². The van der Waals surface area contributed by atoms with Crippen LogP contribution in [0.1, 0.15) is 39.0 Å². The Balaban J connectivity index is 3.04. The third-order valence-corrected chi connectivity index (χ3v) is 2.54. The summed E-state index contributed by atoms with van der Waals surface area (Å²) in [4.78, 5) is 0. The molecule has 0 aromatic heterocycles. The Bertz CT molecular complexity index is 99.4. The normalized spacial score (nSPS) is 12.1. The van der Waals surface area contributed by atoms with Gasteiger partial charge in [0.1, 0.15) is 0 Å². The van der Waals surface area contributed by atoms with E-state index < -0.39 is 0 Å². The number of rotatable bonds is 5. The molecule has 0 aliphatic heterocycles. The van der Waals surface area contributed by atoms with Crippen LogP contribution in [0.5, 0.6) is 0 Å². The van der Waals surface area contributed by atoms with Gasteiger partial charge in [0.2, 0.25) is 0 Å². The van der Waals surface area contributed by atoms with Crippen LogP contribution < -0.4 is 0 Å². The van der Waals surface area contributed by atoms with Crippen LogP contribution in [0.3, 0.4) is 0 Å². The van der Waals surface area contributed by atoms with Crippen molar-refractivity contribution in [2.45, 2.75) is 39.0 Å². The summed E-state index contributed by atoms with van der Waals surface area (Å²) in [5.41, 5.74) is 1.60. The van der Waals surface area contributed by atoms with Gasteiger partial charge in [0.05, 0.1) is 0 Å². The van der Waals surface area contributed by atoms with Crippen LogP contribution in [0.2, 0.25) is 0 Å². The molecule has 0 aromatic rings. The van der Waals surface area contributed by atoms with Crippen LogP contribution in [0.4, 0.5) is 0 Å². The Hall–Kier alpha value is 0.510. The van der Waals surface area contributed by atoms with Gasteiger partial charge in [-0.05, 0) is 12.8 Å². The first-order valence-electron chi connectivity index (χ1n) is 3.76. The van der Waals surface area contributed by atoms with Gasteiger partial charge in [0.15, 0.2) is 0 Å². The molecule has 0 aliphatic rings. The highest BCUT2D eigenvalue weighted by Gasteiger charge is 1.90. The predicted octanol–water partition coefficient (Wildman–Crippen LogP) is 4.43. The molecule has 0 aliphatic carbocycles. The van der Waals surface area contributed by atoms with Gasteiger partial charge in [-0.3, -0.25) is 0 Å². The van der Waals surface area contributed by atoms with E-state index in [1.807, 2.05) is 0 Å². The molecular formula is C8H14BrCl. The second kappa shape index (κ2) is 7.62. The quantitative estimate of drug-likeness (QED) is 0.607. The van der Waals surface area contributed by atoms with E-state index in [0.29, 0.717) is 0 Å². The van der Waals surface area contributed by atoms with Crippen LogP contribution in [0.15, 0.2) is 10.0 Å². The summed E-state index contributed by atoms with van der Waals surface area (Å²) in [6, 6.07) is 0. The summed E-state index contributed by atoms with van der Waals surface area (Å²) in [5, 5.41) is 0. The Morgan fingerprint density at radius 1 is 1.40 bits per heavy atom. The number of unbranched alkanes of at least 4 members (excludes halogenated alkanes) is 3. The number of allylic oxidation sites excluding steroid dienone is 1. The Kier molecular flexibility index (Phi) is 8.00. The van der Waals surface area contributed by atoms with Crippen LogP contribution in [-0.2, 0) is 0 Å². The van der Waals surface area contributed by atoms with Gasteiger partial charge in [-0.1, -0.05) is 53.7 Å². The molecule has 0 rings (SSSR count). The zero-order valence-electron chi connectivity index (χ0n) is 6.37. The first-order chi connectivity index (χ1) is 4.81. The fourth-order valence-corrected chi connectivity index (χ4v) is 1.16. The van der Waals surface area contributed by atoms with Gasteiger partial charge in [-0.2, -0.15) is 0 Å². The minimum Gasteiger partial charge on any atom is -0.0921 e. The van der Waals surface area contributed by atoms with Crippen LogP contribution >= 0.6 is 27.5 Å². The van der Waals surface area contributed by atoms with Crippen molar-refractivity contribution >= 4 is 27.5 Å². The largest absolute Gasteiger partial charge is 0.0921 e. The zero-order valence-corrected chi connectivity index (χ0v) is 8.71. The van der Waals surface area contributed by atoms with Crippen LogP contribution in [0.25, 0.3) is 0 Å². The van der Waals surface area contributed by atoms with Crippen molar-refractivity contribution in [3.05, 3.63) is 10.0 Å². The maximum atomic E-state index is 5.46. The summed E-state index contributed by atoms with van der Waals surface area (Å²) in [5.74, 6) is 0. The molecule has 0 amide bonds. The van der Waals surface area contributed by atoms with E-state index in [9.17, 15) is 0 Å². The summed E-state index contributed by atoms with van der Waals surface area (Å²) in [6.45, 7) is 2.21. The van der Waals surface area contributed by atoms with Crippen molar-refractivity contribution in [3.63, 3.8) is 0 Å². The molecule has 0 saturated heterocycles. The lowest BCUT2D eigenvalue weighted by molar-refractivity contribution is 0.673. The monoisotopic (exact) mass is 224 g/mol. The summed E-state index contributed by atoms with van der Waals surface area (Å²) in [7, 11) is 0. The van der Waals surface area contributed by atoms with Crippen molar-refractivity contribution in [1.82, 2.24) is 0 Å². The van der Waals surface area contributed by atoms with Gasteiger partial charge in [0.25, 0.3) is 0 Å². The summed E-state index contributed by atoms with van der Waals surface area (Å²) in [6.07, 6.45) is 6.28.